The lowest BCUT2D eigenvalue weighted by Crippen LogP contribution is -2.54. The second kappa shape index (κ2) is 10.2. The molecule has 5 atom stereocenters. The van der Waals surface area contributed by atoms with E-state index in [4.69, 9.17) is 0 Å². The molecule has 1 aromatic heterocycles. The van der Waals surface area contributed by atoms with Crippen molar-refractivity contribution in [3.63, 3.8) is 0 Å². The van der Waals surface area contributed by atoms with Crippen LogP contribution in [-0.4, -0.2) is 78.0 Å². The van der Waals surface area contributed by atoms with E-state index in [1.807, 2.05) is 31.2 Å². The summed E-state index contributed by atoms with van der Waals surface area (Å²) in [7, 11) is 0. The van der Waals surface area contributed by atoms with Crippen LogP contribution >= 0.6 is 11.8 Å². The minimum atomic E-state index is -0.662. The van der Waals surface area contributed by atoms with Gasteiger partial charge in [0.25, 0.3) is 0 Å². The van der Waals surface area contributed by atoms with Crippen molar-refractivity contribution in [1.82, 2.24) is 30.5 Å². The second-order valence-corrected chi connectivity index (χ2v) is 12.5. The van der Waals surface area contributed by atoms with Crippen LogP contribution in [0.1, 0.15) is 52.4 Å². The van der Waals surface area contributed by atoms with Gasteiger partial charge in [0.2, 0.25) is 17.7 Å². The summed E-state index contributed by atoms with van der Waals surface area (Å²) < 4.78 is 0.639. The van der Waals surface area contributed by atoms with Gasteiger partial charge in [0.05, 0.1) is 22.1 Å². The molecule has 3 N–H and O–H groups in total. The molecule has 10 nitrogen and oxygen atoms in total. The van der Waals surface area contributed by atoms with Crippen LogP contribution in [0.25, 0.3) is 11.0 Å². The van der Waals surface area contributed by atoms with Gasteiger partial charge < -0.3 is 20.6 Å². The number of para-hydroxylation sites is 1. The lowest BCUT2D eigenvalue weighted by molar-refractivity contribution is -0.140. The van der Waals surface area contributed by atoms with E-state index in [0.717, 1.165) is 36.7 Å². The third-order valence-electron chi connectivity index (χ3n) is 8.24. The second-order valence-electron chi connectivity index (χ2n) is 10.6. The van der Waals surface area contributed by atoms with Crippen molar-refractivity contribution in [2.75, 3.05) is 19.7 Å². The van der Waals surface area contributed by atoms with Gasteiger partial charge in [0.1, 0.15) is 18.2 Å². The van der Waals surface area contributed by atoms with Crippen LogP contribution in [0, 0.1) is 11.8 Å². The van der Waals surface area contributed by atoms with Crippen LogP contribution in [0.15, 0.2) is 24.3 Å². The molecule has 3 saturated heterocycles. The minimum Gasteiger partial charge on any atom is -0.396 e. The fraction of sp³-hybridized carbons (Fsp3) is 0.654. The topological polar surface area (TPSA) is 129 Å². The summed E-state index contributed by atoms with van der Waals surface area (Å²) in [5.41, 5.74) is 1.56. The van der Waals surface area contributed by atoms with Crippen molar-refractivity contribution in [3.8, 4) is 0 Å². The van der Waals surface area contributed by atoms with Crippen LogP contribution in [0.5, 0.6) is 0 Å². The number of carbonyl (C=O) groups excluding carboxylic acids is 3. The Hall–Kier alpha value is -2.66. The Morgan fingerprint density at radius 2 is 1.97 bits per heavy atom. The van der Waals surface area contributed by atoms with E-state index < -0.39 is 22.6 Å². The number of rotatable bonds is 11. The molecule has 1 spiro atoms. The molecular weight excluding hydrogens is 492 g/mol. The summed E-state index contributed by atoms with van der Waals surface area (Å²) in [5, 5.41) is 23.6. The molecule has 37 heavy (non-hydrogen) atoms. The first-order valence-electron chi connectivity index (χ1n) is 13.3. The van der Waals surface area contributed by atoms with Crippen molar-refractivity contribution >= 4 is 40.5 Å². The number of nitrogens with one attached hydrogen (secondary N) is 2. The van der Waals surface area contributed by atoms with Crippen LogP contribution in [0.2, 0.25) is 0 Å². The number of aliphatic hydroxyl groups is 1. The number of unbranched alkanes of at least 4 members (excludes halogenated alkanes) is 2. The van der Waals surface area contributed by atoms with Crippen molar-refractivity contribution < 1.29 is 19.5 Å². The van der Waals surface area contributed by atoms with E-state index >= 15 is 0 Å². The van der Waals surface area contributed by atoms with Crippen molar-refractivity contribution in [1.29, 1.82) is 0 Å². The predicted molar refractivity (Wildman–Crippen MR) is 140 cm³/mol. The predicted octanol–water partition coefficient (Wildman–Crippen LogP) is 1.68. The maximum atomic E-state index is 14.0. The lowest BCUT2D eigenvalue weighted by atomic mass is 9.66. The normalized spacial score (nSPS) is 30.2. The van der Waals surface area contributed by atoms with E-state index in [9.17, 15) is 19.5 Å². The van der Waals surface area contributed by atoms with Crippen LogP contribution in [0.4, 0.5) is 0 Å². The highest BCUT2D eigenvalue weighted by Crippen LogP contribution is 2.71. The molecule has 11 heteroatoms. The molecule has 3 amide bonds. The number of thioether (sulfide) groups is 1. The van der Waals surface area contributed by atoms with E-state index in [-0.39, 0.29) is 35.7 Å². The molecule has 1 aromatic carbocycles. The molecule has 3 aliphatic rings. The van der Waals surface area contributed by atoms with Gasteiger partial charge in [0, 0.05) is 24.4 Å². The Morgan fingerprint density at radius 3 is 2.76 bits per heavy atom. The number of aromatic nitrogens is 3. The average Bonchev–Trinajstić information content (AvgIpc) is 3.59. The molecule has 0 radical (unpaired) electrons. The van der Waals surface area contributed by atoms with Crippen LogP contribution in [0.3, 0.4) is 0 Å². The van der Waals surface area contributed by atoms with Crippen LogP contribution < -0.4 is 10.6 Å². The number of amides is 3. The van der Waals surface area contributed by atoms with Crippen molar-refractivity contribution in [2.24, 2.45) is 11.8 Å². The Labute approximate surface area is 220 Å². The fourth-order valence-corrected chi connectivity index (χ4v) is 8.94. The van der Waals surface area contributed by atoms with Gasteiger partial charge in [-0.25, -0.2) is 4.68 Å². The molecule has 5 rings (SSSR count). The third kappa shape index (κ3) is 4.29. The first-order chi connectivity index (χ1) is 17.9. The van der Waals surface area contributed by atoms with Gasteiger partial charge >= 0.3 is 0 Å². The van der Waals surface area contributed by atoms with E-state index in [1.54, 1.807) is 21.3 Å². The maximum Gasteiger partial charge on any atom is 0.245 e. The van der Waals surface area contributed by atoms with Gasteiger partial charge in [-0.2, -0.15) is 0 Å². The van der Waals surface area contributed by atoms with Gasteiger partial charge in [-0.3, -0.25) is 14.4 Å². The summed E-state index contributed by atoms with van der Waals surface area (Å²) in [6.45, 7) is 5.34. The third-order valence-corrected chi connectivity index (χ3v) is 10.2. The molecule has 0 saturated carbocycles. The molecule has 200 valence electrons. The van der Waals surface area contributed by atoms with E-state index in [2.05, 4.69) is 27.9 Å². The van der Waals surface area contributed by atoms with Gasteiger partial charge in [-0.05, 0) is 57.6 Å². The number of carbonyl (C=O) groups is 3. The number of fused-ring (bicyclic) bond motifs is 2. The molecular formula is C26H36N6O4S. The van der Waals surface area contributed by atoms with E-state index in [0.29, 0.717) is 25.9 Å². The number of hydrogen-bond acceptors (Lipinski definition) is 7. The summed E-state index contributed by atoms with van der Waals surface area (Å²) in [5.74, 6) is -1.37. The smallest absolute Gasteiger partial charge is 0.245 e. The number of hydrogen-bond donors (Lipinski definition) is 3. The monoisotopic (exact) mass is 528 g/mol. The molecule has 4 heterocycles. The summed E-state index contributed by atoms with van der Waals surface area (Å²) in [6.07, 6.45) is 4.46. The zero-order valence-electron chi connectivity index (χ0n) is 21.5. The Bertz CT molecular complexity index is 1190. The molecule has 2 bridgehead atoms. The quantitative estimate of drug-likeness (QED) is 0.379. The minimum absolute atomic E-state index is 0.0767. The Morgan fingerprint density at radius 1 is 1.16 bits per heavy atom. The summed E-state index contributed by atoms with van der Waals surface area (Å²) in [4.78, 5) is 42.9. The average molecular weight is 529 g/mol. The zero-order valence-corrected chi connectivity index (χ0v) is 22.3. The molecule has 0 aliphatic carbocycles. The highest BCUT2D eigenvalue weighted by molar-refractivity contribution is 8.02. The largest absolute Gasteiger partial charge is 0.396 e. The highest BCUT2D eigenvalue weighted by Gasteiger charge is 2.76. The molecule has 3 fully saturated rings. The van der Waals surface area contributed by atoms with Gasteiger partial charge in [-0.1, -0.05) is 24.3 Å². The maximum absolute atomic E-state index is 14.0. The Balaban J connectivity index is 1.42. The Kier molecular flexibility index (Phi) is 7.19. The molecule has 2 aromatic rings. The van der Waals surface area contributed by atoms with Gasteiger partial charge in [0.15, 0.2) is 0 Å². The highest BCUT2D eigenvalue weighted by atomic mass is 32.2. The first kappa shape index (κ1) is 26.0. The SMILES string of the molecule is CCCNC(=O)[C@@H]1[C@H]2C(=O)N(CCCCCO)C(C(=O)NCn3nnc4ccccc43)C23CC[C@@]1(C)S3. The number of nitrogens with zero attached hydrogens (tertiary/aromatic N) is 4. The summed E-state index contributed by atoms with van der Waals surface area (Å²) in [6, 6.07) is 6.89. The van der Waals surface area contributed by atoms with Crippen molar-refractivity contribution in [3.05, 3.63) is 24.3 Å². The van der Waals surface area contributed by atoms with Crippen LogP contribution in [-0.2, 0) is 21.1 Å². The number of benzene rings is 1. The summed E-state index contributed by atoms with van der Waals surface area (Å²) >= 11 is 1.68. The fourth-order valence-electron chi connectivity index (χ4n) is 6.58. The molecule has 2 unspecified atom stereocenters. The van der Waals surface area contributed by atoms with Crippen molar-refractivity contribution in [2.45, 2.75) is 74.6 Å². The number of likely N-dealkylation sites (tertiary alicyclic amines) is 1. The van der Waals surface area contributed by atoms with E-state index in [1.165, 1.54) is 0 Å². The number of aliphatic hydroxyl groups excluding tert-OH is 1. The standard InChI is InChI=1S/C26H36N6O4S/c1-3-13-27-22(34)19-20-24(36)31(14-7-4-8-15-33)21(26(20)12-11-25(19,2)37-26)23(35)28-16-32-18-10-6-5-9-17(18)29-30-32/h5-6,9-10,19-21,33H,3-4,7-8,11-16H2,1-2H3,(H,27,34)(H,28,35)/t19-,20-,21?,25+,26?/m0/s1. The first-order valence-corrected chi connectivity index (χ1v) is 14.1. The van der Waals surface area contributed by atoms with Gasteiger partial charge in [-0.15, -0.1) is 16.9 Å². The zero-order chi connectivity index (χ0) is 26.2. The lowest BCUT2D eigenvalue weighted by Gasteiger charge is -2.34. The molecule has 3 aliphatic heterocycles.